The number of primary amides is 1. The second-order valence-corrected chi connectivity index (χ2v) is 5.57. The molecule has 3 amide bonds. The molecule has 0 fully saturated rings. The molecule has 0 saturated heterocycles. The van der Waals surface area contributed by atoms with Crippen LogP contribution in [0.15, 0.2) is 0 Å². The van der Waals surface area contributed by atoms with Gasteiger partial charge in [-0.1, -0.05) is 6.92 Å². The standard InChI is InChI=1S/C12H18N4O4S/c1-3-7-6(2)21-12(15-7)16-11(20)14-8(10(18)19)4-5-9(13)17/h8H,3-5H2,1-2H3,(H2,13,17)(H,18,19)(H2,14,15,16,20). The Morgan fingerprint density at radius 1 is 1.43 bits per heavy atom. The van der Waals surface area contributed by atoms with Gasteiger partial charge in [0.1, 0.15) is 6.04 Å². The lowest BCUT2D eigenvalue weighted by atomic mass is 10.1. The molecule has 0 aliphatic rings. The number of aliphatic carboxylic acids is 1. The van der Waals surface area contributed by atoms with E-state index in [1.54, 1.807) is 0 Å². The minimum Gasteiger partial charge on any atom is -0.480 e. The van der Waals surface area contributed by atoms with Crippen molar-refractivity contribution >= 4 is 34.4 Å². The number of carbonyl (C=O) groups excluding carboxylic acids is 2. The number of carboxylic acid groups (broad SMARTS) is 1. The molecule has 0 saturated carbocycles. The summed E-state index contributed by atoms with van der Waals surface area (Å²) in [6.07, 6.45) is 0.574. The molecule has 1 unspecified atom stereocenters. The molecule has 1 heterocycles. The molecule has 0 aliphatic carbocycles. The molecule has 0 radical (unpaired) electrons. The highest BCUT2D eigenvalue weighted by Gasteiger charge is 2.21. The van der Waals surface area contributed by atoms with Crippen LogP contribution in [0.4, 0.5) is 9.93 Å². The Bertz CT molecular complexity index is 543. The Morgan fingerprint density at radius 3 is 2.57 bits per heavy atom. The number of thiazole rings is 1. The van der Waals surface area contributed by atoms with Crippen LogP contribution >= 0.6 is 11.3 Å². The van der Waals surface area contributed by atoms with E-state index in [2.05, 4.69) is 15.6 Å². The number of carbonyl (C=O) groups is 3. The van der Waals surface area contributed by atoms with Crippen molar-refractivity contribution in [3.63, 3.8) is 0 Å². The number of nitrogens with one attached hydrogen (secondary N) is 2. The molecule has 1 rings (SSSR count). The van der Waals surface area contributed by atoms with Gasteiger partial charge in [0.25, 0.3) is 0 Å². The van der Waals surface area contributed by atoms with Crippen molar-refractivity contribution in [1.29, 1.82) is 0 Å². The maximum Gasteiger partial charge on any atom is 0.326 e. The number of nitrogens with zero attached hydrogens (tertiary/aromatic N) is 1. The van der Waals surface area contributed by atoms with E-state index in [4.69, 9.17) is 10.8 Å². The topological polar surface area (TPSA) is 134 Å². The molecule has 0 aromatic carbocycles. The summed E-state index contributed by atoms with van der Waals surface area (Å²) in [4.78, 5) is 38.6. The molecule has 9 heteroatoms. The summed E-state index contributed by atoms with van der Waals surface area (Å²) in [5.41, 5.74) is 5.85. The van der Waals surface area contributed by atoms with Gasteiger partial charge in [0.05, 0.1) is 5.69 Å². The molecule has 1 aromatic rings. The maximum atomic E-state index is 11.7. The van der Waals surface area contributed by atoms with Crippen molar-refractivity contribution in [2.24, 2.45) is 5.73 Å². The Morgan fingerprint density at radius 2 is 2.10 bits per heavy atom. The third kappa shape index (κ3) is 5.38. The van der Waals surface area contributed by atoms with Crippen molar-refractivity contribution in [1.82, 2.24) is 10.3 Å². The smallest absolute Gasteiger partial charge is 0.326 e. The molecule has 0 aliphatic heterocycles. The van der Waals surface area contributed by atoms with Gasteiger partial charge in [0.2, 0.25) is 5.91 Å². The highest BCUT2D eigenvalue weighted by Crippen LogP contribution is 2.22. The molecule has 8 nitrogen and oxygen atoms in total. The predicted molar refractivity (Wildman–Crippen MR) is 78.2 cm³/mol. The summed E-state index contributed by atoms with van der Waals surface area (Å²) in [6.45, 7) is 3.85. The number of hydrogen-bond donors (Lipinski definition) is 4. The first-order valence-corrected chi connectivity index (χ1v) is 7.20. The van der Waals surface area contributed by atoms with Crippen molar-refractivity contribution in [3.8, 4) is 0 Å². The highest BCUT2D eigenvalue weighted by atomic mass is 32.1. The van der Waals surface area contributed by atoms with E-state index in [9.17, 15) is 14.4 Å². The molecule has 0 bridgehead atoms. The van der Waals surface area contributed by atoms with E-state index in [-0.39, 0.29) is 12.8 Å². The van der Waals surface area contributed by atoms with Gasteiger partial charge < -0.3 is 16.2 Å². The summed E-state index contributed by atoms with van der Waals surface area (Å²) >= 11 is 1.32. The SMILES string of the molecule is CCc1nc(NC(=O)NC(CCC(N)=O)C(=O)O)sc1C. The fourth-order valence-electron chi connectivity index (χ4n) is 1.64. The average molecular weight is 314 g/mol. The summed E-state index contributed by atoms with van der Waals surface area (Å²) in [6, 6.07) is -1.85. The van der Waals surface area contributed by atoms with Crippen molar-refractivity contribution in [3.05, 3.63) is 10.6 Å². The molecular formula is C12H18N4O4S. The molecule has 0 spiro atoms. The van der Waals surface area contributed by atoms with E-state index in [0.29, 0.717) is 5.13 Å². The molecule has 116 valence electrons. The normalized spacial score (nSPS) is 11.7. The zero-order valence-corrected chi connectivity index (χ0v) is 12.6. The van der Waals surface area contributed by atoms with Gasteiger partial charge in [-0.2, -0.15) is 0 Å². The molecule has 5 N–H and O–H groups in total. The number of urea groups is 1. The van der Waals surface area contributed by atoms with Crippen LogP contribution in [0.3, 0.4) is 0 Å². The number of nitrogens with two attached hydrogens (primary N) is 1. The van der Waals surface area contributed by atoms with E-state index in [1.165, 1.54) is 11.3 Å². The Kier molecular flexibility index (Phi) is 6.10. The maximum absolute atomic E-state index is 11.7. The largest absolute Gasteiger partial charge is 0.480 e. The van der Waals surface area contributed by atoms with E-state index >= 15 is 0 Å². The second-order valence-electron chi connectivity index (χ2n) is 4.37. The molecular weight excluding hydrogens is 296 g/mol. The van der Waals surface area contributed by atoms with Crippen LogP contribution in [0.5, 0.6) is 0 Å². The van der Waals surface area contributed by atoms with Gasteiger partial charge in [0.15, 0.2) is 5.13 Å². The Labute approximate surface area is 125 Å². The number of aryl methyl sites for hydroxylation is 2. The summed E-state index contributed by atoms with van der Waals surface area (Å²) in [5, 5.41) is 14.1. The second kappa shape index (κ2) is 7.58. The average Bonchev–Trinajstić information content (AvgIpc) is 2.73. The number of aromatic nitrogens is 1. The van der Waals surface area contributed by atoms with Gasteiger partial charge in [0, 0.05) is 11.3 Å². The number of carboxylic acids is 1. The summed E-state index contributed by atoms with van der Waals surface area (Å²) < 4.78 is 0. The number of rotatable bonds is 7. The minimum atomic E-state index is -1.23. The predicted octanol–water partition coefficient (Wildman–Crippen LogP) is 0.854. The van der Waals surface area contributed by atoms with E-state index in [1.807, 2.05) is 13.8 Å². The Balaban J connectivity index is 2.60. The van der Waals surface area contributed by atoms with Crippen molar-refractivity contribution in [2.75, 3.05) is 5.32 Å². The van der Waals surface area contributed by atoms with Crippen LogP contribution in [0.2, 0.25) is 0 Å². The van der Waals surface area contributed by atoms with Crippen LogP contribution in [-0.2, 0) is 16.0 Å². The quantitative estimate of drug-likeness (QED) is 0.592. The molecule has 1 aromatic heterocycles. The fourth-order valence-corrected chi connectivity index (χ4v) is 2.54. The molecule has 21 heavy (non-hydrogen) atoms. The third-order valence-electron chi connectivity index (χ3n) is 2.73. The monoisotopic (exact) mass is 314 g/mol. The minimum absolute atomic E-state index is 0.0603. The third-order valence-corrected chi connectivity index (χ3v) is 3.66. The summed E-state index contributed by atoms with van der Waals surface area (Å²) in [7, 11) is 0. The zero-order chi connectivity index (χ0) is 16.0. The number of hydrogen-bond acceptors (Lipinski definition) is 5. The molecule has 1 atom stereocenters. The fraction of sp³-hybridized carbons (Fsp3) is 0.500. The van der Waals surface area contributed by atoms with Gasteiger partial charge in [-0.3, -0.25) is 10.1 Å². The van der Waals surface area contributed by atoms with Crippen LogP contribution in [0.1, 0.15) is 30.3 Å². The number of anilines is 1. The zero-order valence-electron chi connectivity index (χ0n) is 11.8. The highest BCUT2D eigenvalue weighted by molar-refractivity contribution is 7.15. The van der Waals surface area contributed by atoms with Crippen LogP contribution in [-0.4, -0.2) is 34.0 Å². The van der Waals surface area contributed by atoms with Crippen LogP contribution in [0.25, 0.3) is 0 Å². The lowest BCUT2D eigenvalue weighted by molar-refractivity contribution is -0.139. The lowest BCUT2D eigenvalue weighted by Crippen LogP contribution is -2.43. The summed E-state index contributed by atoms with van der Waals surface area (Å²) in [5.74, 6) is -1.84. The van der Waals surface area contributed by atoms with Crippen molar-refractivity contribution < 1.29 is 19.5 Å². The van der Waals surface area contributed by atoms with Gasteiger partial charge in [-0.15, -0.1) is 11.3 Å². The lowest BCUT2D eigenvalue weighted by Gasteiger charge is -2.13. The van der Waals surface area contributed by atoms with Gasteiger partial charge in [-0.05, 0) is 19.8 Å². The van der Waals surface area contributed by atoms with Crippen LogP contribution in [0, 0.1) is 6.92 Å². The van der Waals surface area contributed by atoms with E-state index in [0.717, 1.165) is 17.0 Å². The van der Waals surface area contributed by atoms with E-state index < -0.39 is 23.9 Å². The number of amides is 3. The van der Waals surface area contributed by atoms with Crippen molar-refractivity contribution in [2.45, 2.75) is 39.2 Å². The first-order chi connectivity index (χ1) is 9.83. The first-order valence-electron chi connectivity index (χ1n) is 6.38. The van der Waals surface area contributed by atoms with Gasteiger partial charge in [-0.25, -0.2) is 14.6 Å². The Hall–Kier alpha value is -2.16. The van der Waals surface area contributed by atoms with Crippen LogP contribution < -0.4 is 16.4 Å². The van der Waals surface area contributed by atoms with Gasteiger partial charge >= 0.3 is 12.0 Å². The first kappa shape index (κ1) is 16.9.